The van der Waals surface area contributed by atoms with E-state index in [2.05, 4.69) is 19.8 Å². The molecule has 3 aromatic rings. The molecule has 3 rings (SSSR count). The first-order chi connectivity index (χ1) is 15.5. The topological polar surface area (TPSA) is 60.5 Å². The van der Waals surface area contributed by atoms with Gasteiger partial charge in [-0.1, -0.05) is 18.2 Å². The van der Waals surface area contributed by atoms with E-state index in [9.17, 15) is 31.1 Å². The van der Waals surface area contributed by atoms with Crippen molar-refractivity contribution in [1.82, 2.24) is 10.3 Å². The third kappa shape index (κ3) is 7.67. The number of thiazole rings is 1. The summed E-state index contributed by atoms with van der Waals surface area (Å²) in [6, 6.07) is 9.93. The molecule has 0 atom stereocenters. The Balaban J connectivity index is 1.76. The van der Waals surface area contributed by atoms with Gasteiger partial charge in [0.1, 0.15) is 16.5 Å². The maximum atomic E-state index is 12.7. The van der Waals surface area contributed by atoms with Crippen LogP contribution < -0.4 is 14.8 Å². The molecule has 0 aliphatic rings. The number of carbonyl (C=O) groups excluding carboxylic acids is 1. The molecule has 0 radical (unpaired) electrons. The van der Waals surface area contributed by atoms with Crippen molar-refractivity contribution in [2.45, 2.75) is 18.9 Å². The summed E-state index contributed by atoms with van der Waals surface area (Å²) in [5.41, 5.74) is 1.10. The second-order valence-electron chi connectivity index (χ2n) is 6.69. The van der Waals surface area contributed by atoms with Gasteiger partial charge in [-0.05, 0) is 29.8 Å². The van der Waals surface area contributed by atoms with E-state index in [1.54, 1.807) is 29.8 Å². The normalized spacial score (nSPS) is 11.8. The number of aromatic nitrogens is 1. The highest BCUT2D eigenvalue weighted by Crippen LogP contribution is 2.28. The quantitative estimate of drug-likeness (QED) is 0.417. The average Bonchev–Trinajstić information content (AvgIpc) is 3.29. The Bertz CT molecular complexity index is 1080. The number of hydrogen-bond donors (Lipinski definition) is 1. The maximum absolute atomic E-state index is 12.7. The molecule has 12 heteroatoms. The first-order valence-corrected chi connectivity index (χ1v) is 10.2. The minimum atomic E-state index is -4.67. The highest BCUT2D eigenvalue weighted by atomic mass is 32.1. The fourth-order valence-electron chi connectivity index (χ4n) is 2.68. The summed E-state index contributed by atoms with van der Waals surface area (Å²) >= 11 is 1.42. The Morgan fingerprint density at radius 3 is 2.36 bits per heavy atom. The van der Waals surface area contributed by atoms with Crippen molar-refractivity contribution in [3.8, 4) is 22.1 Å². The van der Waals surface area contributed by atoms with Crippen LogP contribution in [0.2, 0.25) is 0 Å². The molecule has 0 saturated heterocycles. The summed E-state index contributed by atoms with van der Waals surface area (Å²) in [6.07, 6.45) is -7.66. The minimum absolute atomic E-state index is 0.00436. The molecule has 0 fully saturated rings. The predicted molar refractivity (Wildman–Crippen MR) is 108 cm³/mol. The number of amides is 1. The zero-order chi connectivity index (χ0) is 24.1. The van der Waals surface area contributed by atoms with E-state index in [0.29, 0.717) is 5.56 Å². The number of rotatable bonds is 8. The molecule has 0 spiro atoms. The van der Waals surface area contributed by atoms with E-state index in [-0.39, 0.29) is 12.3 Å². The zero-order valence-electron chi connectivity index (χ0n) is 16.7. The van der Waals surface area contributed by atoms with Crippen LogP contribution in [0.1, 0.15) is 15.9 Å². The van der Waals surface area contributed by atoms with Crippen molar-refractivity contribution >= 4 is 17.2 Å². The lowest BCUT2D eigenvalue weighted by Gasteiger charge is -2.15. The summed E-state index contributed by atoms with van der Waals surface area (Å²) < 4.78 is 84.2. The molecule has 176 valence electrons. The summed E-state index contributed by atoms with van der Waals surface area (Å²) in [6.45, 7) is -3.29. The third-order valence-electron chi connectivity index (χ3n) is 4.05. The van der Waals surface area contributed by atoms with E-state index in [4.69, 9.17) is 0 Å². The number of benzene rings is 2. The lowest BCUT2D eigenvalue weighted by molar-refractivity contribution is -0.154. The van der Waals surface area contributed by atoms with Gasteiger partial charge in [-0.15, -0.1) is 11.3 Å². The van der Waals surface area contributed by atoms with Gasteiger partial charge in [0.15, 0.2) is 13.2 Å². The molecule has 0 aliphatic heterocycles. The predicted octanol–water partition coefficient (Wildman–Crippen LogP) is 5.62. The monoisotopic (exact) mass is 490 g/mol. The standard InChI is InChI=1S/C21H16F6N2O3S/c22-20(23,24)11-31-15-4-5-17(32-12-21(25,26)27)16(9-15)18(30)29-10-13-2-1-3-14(8-13)19-28-6-7-33-19/h1-9H,10-12H2,(H,29,30). The van der Waals surface area contributed by atoms with E-state index in [1.807, 2.05) is 6.07 Å². The molecule has 0 unspecified atom stereocenters. The lowest BCUT2D eigenvalue weighted by Crippen LogP contribution is -2.25. The van der Waals surface area contributed by atoms with Gasteiger partial charge in [0.2, 0.25) is 0 Å². The number of ether oxygens (including phenoxy) is 2. The summed E-state index contributed by atoms with van der Waals surface area (Å²) in [5, 5.41) is 5.10. The smallest absolute Gasteiger partial charge is 0.422 e. The first kappa shape index (κ1) is 24.4. The number of carbonyl (C=O) groups is 1. The van der Waals surface area contributed by atoms with Crippen molar-refractivity contribution in [3.05, 3.63) is 65.2 Å². The first-order valence-electron chi connectivity index (χ1n) is 9.30. The third-order valence-corrected chi connectivity index (χ3v) is 4.87. The fourth-order valence-corrected chi connectivity index (χ4v) is 3.32. The van der Waals surface area contributed by atoms with E-state index in [0.717, 1.165) is 28.8 Å². The van der Waals surface area contributed by atoms with Gasteiger partial charge in [0.25, 0.3) is 5.91 Å². The van der Waals surface area contributed by atoms with Gasteiger partial charge >= 0.3 is 12.4 Å². The Morgan fingerprint density at radius 1 is 0.970 bits per heavy atom. The molecule has 1 heterocycles. The molecule has 2 aromatic carbocycles. The molecular formula is C21H16F6N2O3S. The molecule has 5 nitrogen and oxygen atoms in total. The van der Waals surface area contributed by atoms with Crippen molar-refractivity contribution in [2.24, 2.45) is 0 Å². The van der Waals surface area contributed by atoms with Crippen LogP contribution in [0.5, 0.6) is 11.5 Å². The van der Waals surface area contributed by atoms with Gasteiger partial charge in [0, 0.05) is 23.7 Å². The van der Waals surface area contributed by atoms with Crippen molar-refractivity contribution in [1.29, 1.82) is 0 Å². The number of nitrogens with zero attached hydrogens (tertiary/aromatic N) is 1. The van der Waals surface area contributed by atoms with Crippen LogP contribution in [0.4, 0.5) is 26.3 Å². The zero-order valence-corrected chi connectivity index (χ0v) is 17.5. The number of halogens is 6. The Hall–Kier alpha value is -3.28. The van der Waals surface area contributed by atoms with Gasteiger partial charge in [0.05, 0.1) is 5.56 Å². The van der Waals surface area contributed by atoms with Gasteiger partial charge in [-0.2, -0.15) is 26.3 Å². The van der Waals surface area contributed by atoms with Crippen LogP contribution in [-0.2, 0) is 6.54 Å². The maximum Gasteiger partial charge on any atom is 0.422 e. The van der Waals surface area contributed by atoms with Crippen LogP contribution in [0.25, 0.3) is 10.6 Å². The molecular weight excluding hydrogens is 474 g/mol. The second-order valence-corrected chi connectivity index (χ2v) is 7.58. The highest BCUT2D eigenvalue weighted by Gasteiger charge is 2.30. The molecule has 1 aromatic heterocycles. The van der Waals surface area contributed by atoms with Crippen molar-refractivity contribution in [3.63, 3.8) is 0 Å². The summed E-state index contributed by atoms with van der Waals surface area (Å²) in [7, 11) is 0. The average molecular weight is 490 g/mol. The van der Waals surface area contributed by atoms with Crippen LogP contribution in [0, 0.1) is 0 Å². The van der Waals surface area contributed by atoms with Crippen molar-refractivity contribution in [2.75, 3.05) is 13.2 Å². The SMILES string of the molecule is O=C(NCc1cccc(-c2nccs2)c1)c1cc(OCC(F)(F)F)ccc1OCC(F)(F)F. The van der Waals surface area contributed by atoms with Crippen molar-refractivity contribution < 1.29 is 40.6 Å². The van der Waals surface area contributed by atoms with Gasteiger partial charge < -0.3 is 14.8 Å². The van der Waals surface area contributed by atoms with E-state index in [1.165, 1.54) is 11.3 Å². The van der Waals surface area contributed by atoms with Crippen LogP contribution >= 0.6 is 11.3 Å². The number of hydrogen-bond acceptors (Lipinski definition) is 5. The fraction of sp³-hybridized carbons (Fsp3) is 0.238. The Morgan fingerprint density at radius 2 is 1.70 bits per heavy atom. The molecule has 33 heavy (non-hydrogen) atoms. The van der Waals surface area contributed by atoms with E-state index < -0.39 is 42.8 Å². The Kier molecular flexibility index (Phi) is 7.46. The van der Waals surface area contributed by atoms with Gasteiger partial charge in [-0.25, -0.2) is 4.98 Å². The summed E-state index contributed by atoms with van der Waals surface area (Å²) in [5.74, 6) is -1.63. The summed E-state index contributed by atoms with van der Waals surface area (Å²) in [4.78, 5) is 16.9. The minimum Gasteiger partial charge on any atom is -0.484 e. The van der Waals surface area contributed by atoms with E-state index >= 15 is 0 Å². The molecule has 0 saturated carbocycles. The van der Waals surface area contributed by atoms with Gasteiger partial charge in [-0.3, -0.25) is 4.79 Å². The van der Waals surface area contributed by atoms with Crippen LogP contribution in [0.15, 0.2) is 54.0 Å². The number of nitrogens with one attached hydrogen (secondary N) is 1. The second kappa shape index (κ2) is 10.1. The van der Waals surface area contributed by atoms with Crippen LogP contribution in [0.3, 0.4) is 0 Å². The largest absolute Gasteiger partial charge is 0.484 e. The Labute approximate surface area is 188 Å². The highest BCUT2D eigenvalue weighted by molar-refractivity contribution is 7.13. The molecule has 1 N–H and O–H groups in total. The lowest BCUT2D eigenvalue weighted by atomic mass is 10.1. The molecule has 1 amide bonds. The molecule has 0 aliphatic carbocycles. The van der Waals surface area contributed by atoms with Crippen LogP contribution in [-0.4, -0.2) is 36.5 Å². The number of alkyl halides is 6. The molecule has 0 bridgehead atoms.